The van der Waals surface area contributed by atoms with Gasteiger partial charge in [0.15, 0.2) is 0 Å². The van der Waals surface area contributed by atoms with E-state index in [-0.39, 0.29) is 0 Å². The van der Waals surface area contributed by atoms with Gasteiger partial charge in [-0.15, -0.1) is 0 Å². The predicted molar refractivity (Wildman–Crippen MR) is 80.3 cm³/mol. The molecule has 5 nitrogen and oxygen atoms in total. The number of rotatable bonds is 5. The molecule has 0 spiro atoms. The van der Waals surface area contributed by atoms with Crippen LogP contribution >= 0.6 is 12.2 Å². The van der Waals surface area contributed by atoms with Crippen LogP contribution in [0.15, 0.2) is 24.5 Å². The van der Waals surface area contributed by atoms with Crippen LogP contribution in [0.2, 0.25) is 0 Å². The fourth-order valence-corrected chi connectivity index (χ4v) is 2.27. The van der Waals surface area contributed by atoms with Crippen LogP contribution in [-0.2, 0) is 6.54 Å². The average molecular weight is 275 g/mol. The van der Waals surface area contributed by atoms with Crippen molar-refractivity contribution in [3.63, 3.8) is 0 Å². The Bertz CT molecular complexity index is 577. The third-order valence-electron chi connectivity index (χ3n) is 2.79. The monoisotopic (exact) mass is 275 g/mol. The Labute approximate surface area is 117 Å². The van der Waals surface area contributed by atoms with Gasteiger partial charge in [0.05, 0.1) is 12.1 Å². The molecule has 0 aliphatic rings. The molecule has 0 saturated carbocycles. The highest BCUT2D eigenvalue weighted by molar-refractivity contribution is 7.80. The smallest absolute Gasteiger partial charge is 0.107 e. The standard InChI is InChI=1S/C13H17N5S/c1-9-8-11(12(13(14)19)10(2)17-9)15-5-7-18-6-3-4-16-18/h3-4,6,8H,5,7H2,1-2H3,(H2,14,19)(H,15,17). The second kappa shape index (κ2) is 5.79. The van der Waals surface area contributed by atoms with E-state index in [1.807, 2.05) is 36.9 Å². The molecular formula is C13H17N5S. The van der Waals surface area contributed by atoms with Crippen LogP contribution in [0.4, 0.5) is 5.69 Å². The van der Waals surface area contributed by atoms with Crippen molar-refractivity contribution < 1.29 is 0 Å². The molecule has 0 unspecified atom stereocenters. The number of nitrogens with one attached hydrogen (secondary N) is 1. The topological polar surface area (TPSA) is 68.8 Å². The molecule has 19 heavy (non-hydrogen) atoms. The number of hydrogen-bond acceptors (Lipinski definition) is 4. The summed E-state index contributed by atoms with van der Waals surface area (Å²) in [7, 11) is 0. The van der Waals surface area contributed by atoms with Crippen molar-refractivity contribution in [1.29, 1.82) is 0 Å². The van der Waals surface area contributed by atoms with Gasteiger partial charge in [0.25, 0.3) is 0 Å². The lowest BCUT2D eigenvalue weighted by molar-refractivity contribution is 0.638. The van der Waals surface area contributed by atoms with Gasteiger partial charge in [-0.25, -0.2) is 0 Å². The van der Waals surface area contributed by atoms with Crippen molar-refractivity contribution in [1.82, 2.24) is 14.8 Å². The van der Waals surface area contributed by atoms with Crippen molar-refractivity contribution in [2.45, 2.75) is 20.4 Å². The number of nitrogens with zero attached hydrogens (tertiary/aromatic N) is 3. The molecule has 0 aliphatic carbocycles. The summed E-state index contributed by atoms with van der Waals surface area (Å²) in [5, 5.41) is 7.50. The number of aryl methyl sites for hydroxylation is 2. The summed E-state index contributed by atoms with van der Waals surface area (Å²) in [6.07, 6.45) is 3.69. The summed E-state index contributed by atoms with van der Waals surface area (Å²) >= 11 is 5.09. The fourth-order valence-electron chi connectivity index (χ4n) is 2.02. The Morgan fingerprint density at radius 2 is 2.26 bits per heavy atom. The van der Waals surface area contributed by atoms with E-state index in [0.717, 1.165) is 35.7 Å². The zero-order chi connectivity index (χ0) is 13.8. The number of nitrogens with two attached hydrogens (primary N) is 1. The molecule has 2 aromatic rings. The zero-order valence-corrected chi connectivity index (χ0v) is 11.9. The van der Waals surface area contributed by atoms with E-state index in [1.165, 1.54) is 0 Å². The number of hydrogen-bond donors (Lipinski definition) is 2. The maximum absolute atomic E-state index is 5.77. The molecule has 6 heteroatoms. The summed E-state index contributed by atoms with van der Waals surface area (Å²) < 4.78 is 1.87. The summed E-state index contributed by atoms with van der Waals surface area (Å²) in [5.41, 5.74) is 9.32. The van der Waals surface area contributed by atoms with Gasteiger partial charge in [-0.1, -0.05) is 12.2 Å². The third-order valence-corrected chi connectivity index (χ3v) is 2.99. The molecule has 3 N–H and O–H groups in total. The summed E-state index contributed by atoms with van der Waals surface area (Å²) in [4.78, 5) is 4.76. The maximum Gasteiger partial charge on any atom is 0.107 e. The first-order valence-corrected chi connectivity index (χ1v) is 6.48. The van der Waals surface area contributed by atoms with Crippen LogP contribution in [0.1, 0.15) is 17.0 Å². The van der Waals surface area contributed by atoms with E-state index in [9.17, 15) is 0 Å². The van der Waals surface area contributed by atoms with Crippen LogP contribution in [0, 0.1) is 13.8 Å². The lowest BCUT2D eigenvalue weighted by atomic mass is 10.1. The van der Waals surface area contributed by atoms with Crippen molar-refractivity contribution >= 4 is 22.9 Å². The van der Waals surface area contributed by atoms with Crippen molar-refractivity contribution in [2.75, 3.05) is 11.9 Å². The van der Waals surface area contributed by atoms with E-state index in [2.05, 4.69) is 15.4 Å². The lowest BCUT2D eigenvalue weighted by Gasteiger charge is -2.14. The van der Waals surface area contributed by atoms with E-state index in [1.54, 1.807) is 6.20 Å². The van der Waals surface area contributed by atoms with Crippen LogP contribution in [0.5, 0.6) is 0 Å². The minimum Gasteiger partial charge on any atom is -0.389 e. The molecule has 0 bridgehead atoms. The first-order valence-electron chi connectivity index (χ1n) is 6.07. The molecule has 2 rings (SSSR count). The van der Waals surface area contributed by atoms with Gasteiger partial charge >= 0.3 is 0 Å². The molecule has 0 saturated heterocycles. The van der Waals surface area contributed by atoms with E-state index in [4.69, 9.17) is 18.0 Å². The normalized spacial score (nSPS) is 10.4. The van der Waals surface area contributed by atoms with E-state index >= 15 is 0 Å². The number of thiocarbonyl (C=S) groups is 1. The molecule has 100 valence electrons. The molecule has 0 amide bonds. The predicted octanol–water partition coefficient (Wildman–Crippen LogP) is 1.64. The first kappa shape index (κ1) is 13.5. The van der Waals surface area contributed by atoms with Crippen LogP contribution in [-0.4, -0.2) is 26.3 Å². The molecular weight excluding hydrogens is 258 g/mol. The Hall–Kier alpha value is -1.95. The number of pyridine rings is 1. The molecule has 0 aliphatic heterocycles. The van der Waals surface area contributed by atoms with Crippen molar-refractivity contribution in [3.05, 3.63) is 41.5 Å². The second-order valence-corrected chi connectivity index (χ2v) is 4.77. The van der Waals surface area contributed by atoms with Gasteiger partial charge < -0.3 is 11.1 Å². The van der Waals surface area contributed by atoms with Gasteiger partial charge in [-0.05, 0) is 26.0 Å². The summed E-state index contributed by atoms with van der Waals surface area (Å²) in [5.74, 6) is 0. The minimum absolute atomic E-state index is 0.367. The maximum atomic E-state index is 5.77. The van der Waals surface area contributed by atoms with Gasteiger partial charge in [0, 0.05) is 36.0 Å². The first-order chi connectivity index (χ1) is 9.08. The quantitative estimate of drug-likeness (QED) is 0.812. The molecule has 2 heterocycles. The third kappa shape index (κ3) is 3.29. The van der Waals surface area contributed by atoms with Crippen LogP contribution in [0.25, 0.3) is 0 Å². The SMILES string of the molecule is Cc1cc(NCCn2cccn2)c(C(N)=S)c(C)n1. The highest BCUT2D eigenvalue weighted by Crippen LogP contribution is 2.19. The lowest BCUT2D eigenvalue weighted by Crippen LogP contribution is -2.18. The Morgan fingerprint density at radius 3 is 2.89 bits per heavy atom. The Morgan fingerprint density at radius 1 is 1.47 bits per heavy atom. The van der Waals surface area contributed by atoms with Gasteiger partial charge in [0.2, 0.25) is 0 Å². The van der Waals surface area contributed by atoms with Crippen LogP contribution in [0.3, 0.4) is 0 Å². The van der Waals surface area contributed by atoms with Gasteiger partial charge in [-0.2, -0.15) is 5.10 Å². The number of anilines is 1. The van der Waals surface area contributed by atoms with Crippen molar-refractivity contribution in [2.24, 2.45) is 5.73 Å². The Balaban J connectivity index is 2.12. The van der Waals surface area contributed by atoms with Gasteiger partial charge in [-0.3, -0.25) is 9.67 Å². The molecule has 0 radical (unpaired) electrons. The summed E-state index contributed by atoms with van der Waals surface area (Å²) in [6, 6.07) is 3.87. The molecule has 0 fully saturated rings. The molecule has 0 atom stereocenters. The highest BCUT2D eigenvalue weighted by atomic mass is 32.1. The minimum atomic E-state index is 0.367. The fraction of sp³-hybridized carbons (Fsp3) is 0.308. The van der Waals surface area contributed by atoms with Gasteiger partial charge in [0.1, 0.15) is 4.99 Å². The van der Waals surface area contributed by atoms with E-state index < -0.39 is 0 Å². The van der Waals surface area contributed by atoms with E-state index in [0.29, 0.717) is 4.99 Å². The highest BCUT2D eigenvalue weighted by Gasteiger charge is 2.10. The summed E-state index contributed by atoms with van der Waals surface area (Å²) in [6.45, 7) is 5.40. The molecule has 2 aromatic heterocycles. The average Bonchev–Trinajstić information content (AvgIpc) is 2.80. The Kier molecular flexibility index (Phi) is 4.11. The second-order valence-electron chi connectivity index (χ2n) is 4.33. The zero-order valence-electron chi connectivity index (χ0n) is 11.1. The van der Waals surface area contributed by atoms with Crippen molar-refractivity contribution in [3.8, 4) is 0 Å². The van der Waals surface area contributed by atoms with Crippen LogP contribution < -0.4 is 11.1 Å². The molecule has 0 aromatic carbocycles. The number of aromatic nitrogens is 3. The largest absolute Gasteiger partial charge is 0.389 e.